The first-order chi connectivity index (χ1) is 18.3. The molecule has 0 fully saturated rings. The maximum atomic E-state index is 13.2. The summed E-state index contributed by atoms with van der Waals surface area (Å²) < 4.78 is 17.8. The highest BCUT2D eigenvalue weighted by Crippen LogP contribution is 2.24. The lowest BCUT2D eigenvalue weighted by molar-refractivity contribution is 0.102. The molecule has 0 aliphatic rings. The number of hydrogen-bond acceptors (Lipinski definition) is 6. The van der Waals surface area contributed by atoms with E-state index in [0.29, 0.717) is 34.3 Å². The number of amides is 1. The summed E-state index contributed by atoms with van der Waals surface area (Å²) in [5.41, 5.74) is 6.18. The number of imidazole rings is 1. The van der Waals surface area contributed by atoms with Gasteiger partial charge in [0.25, 0.3) is 5.91 Å². The Hall–Kier alpha value is -4.85. The maximum absolute atomic E-state index is 13.2. The zero-order valence-corrected chi connectivity index (χ0v) is 20.1. The summed E-state index contributed by atoms with van der Waals surface area (Å²) >= 11 is 0. The van der Waals surface area contributed by atoms with Crippen LogP contribution in [0.5, 0.6) is 0 Å². The minimum absolute atomic E-state index is 0.0283. The van der Waals surface area contributed by atoms with Gasteiger partial charge in [-0.3, -0.25) is 9.78 Å². The van der Waals surface area contributed by atoms with E-state index in [9.17, 15) is 4.79 Å². The summed E-state index contributed by atoms with van der Waals surface area (Å²) in [6.07, 6.45) is 5.23. The van der Waals surface area contributed by atoms with Crippen LogP contribution in [0.15, 0.2) is 85.7 Å². The van der Waals surface area contributed by atoms with Crippen LogP contribution in [-0.2, 0) is 0 Å². The van der Waals surface area contributed by atoms with Gasteiger partial charge in [-0.2, -0.15) is 0 Å². The Balaban J connectivity index is 1.39. The second-order valence-corrected chi connectivity index (χ2v) is 8.42. The van der Waals surface area contributed by atoms with Gasteiger partial charge >= 0.3 is 0 Å². The van der Waals surface area contributed by atoms with Crippen LogP contribution in [0.2, 0.25) is 0 Å². The Morgan fingerprint density at radius 1 is 1.00 bits per heavy atom. The quantitative estimate of drug-likeness (QED) is 0.328. The predicted molar refractivity (Wildman–Crippen MR) is 141 cm³/mol. The van der Waals surface area contributed by atoms with Crippen molar-refractivity contribution < 1.29 is 7.54 Å². The molecule has 1 amide bonds. The summed E-state index contributed by atoms with van der Waals surface area (Å²) in [5, 5.41) is 6.16. The van der Waals surface area contributed by atoms with Gasteiger partial charge in [-0.15, -0.1) is 0 Å². The summed E-state index contributed by atoms with van der Waals surface area (Å²) in [7, 11) is 0. The van der Waals surface area contributed by atoms with Crippen molar-refractivity contribution in [3.8, 4) is 16.9 Å². The normalized spacial score (nSPS) is 11.5. The molecule has 36 heavy (non-hydrogen) atoms. The molecular formula is C28H25N7O. The Morgan fingerprint density at radius 2 is 1.89 bits per heavy atom. The van der Waals surface area contributed by atoms with Crippen molar-refractivity contribution in [1.82, 2.24) is 24.5 Å². The fourth-order valence-electron chi connectivity index (χ4n) is 3.74. The molecule has 8 heteroatoms. The predicted octanol–water partition coefficient (Wildman–Crippen LogP) is 5.65. The molecule has 0 bridgehead atoms. The number of rotatable bonds is 6. The molecule has 3 heterocycles. The first-order valence-corrected chi connectivity index (χ1v) is 11.4. The Labute approximate surface area is 211 Å². The monoisotopic (exact) mass is 477 g/mol. The first-order valence-electron chi connectivity index (χ1n) is 12.4. The number of hydrogen-bond donors (Lipinski definition) is 2. The van der Waals surface area contributed by atoms with Crippen LogP contribution in [0.3, 0.4) is 0 Å². The van der Waals surface area contributed by atoms with E-state index >= 15 is 0 Å². The number of nitrogens with zero attached hydrogens (tertiary/aromatic N) is 5. The number of aryl methyl sites for hydroxylation is 3. The first kappa shape index (κ1) is 20.5. The number of pyridine rings is 1. The number of nitrogens with one attached hydrogen (secondary N) is 2. The zero-order chi connectivity index (χ0) is 26.8. The third-order valence-corrected chi connectivity index (χ3v) is 5.53. The van der Waals surface area contributed by atoms with E-state index in [1.54, 1.807) is 43.7 Å². The zero-order valence-electron chi connectivity index (χ0n) is 22.1. The summed E-state index contributed by atoms with van der Waals surface area (Å²) in [6, 6.07) is 16.4. The van der Waals surface area contributed by atoms with E-state index in [4.69, 9.17) is 2.74 Å². The molecule has 0 aliphatic heterocycles. The molecule has 3 aromatic heterocycles. The van der Waals surface area contributed by atoms with Crippen molar-refractivity contribution in [3.63, 3.8) is 0 Å². The van der Waals surface area contributed by atoms with Crippen molar-refractivity contribution in [3.05, 3.63) is 108 Å². The summed E-state index contributed by atoms with van der Waals surface area (Å²) in [6.45, 7) is 5.52. The number of anilines is 3. The van der Waals surface area contributed by atoms with Crippen LogP contribution in [0.25, 0.3) is 16.9 Å². The number of carbonyl (C=O) groups excluding carboxylic acids is 1. The van der Waals surface area contributed by atoms with Gasteiger partial charge in [0.2, 0.25) is 5.95 Å². The van der Waals surface area contributed by atoms with Crippen LogP contribution in [-0.4, -0.2) is 30.4 Å². The van der Waals surface area contributed by atoms with E-state index in [1.165, 1.54) is 4.57 Å². The Bertz CT molecular complexity index is 1650. The third-order valence-electron chi connectivity index (χ3n) is 5.53. The smallest absolute Gasteiger partial charge is 0.255 e. The molecule has 0 radical (unpaired) electrons. The molecule has 178 valence electrons. The lowest BCUT2D eigenvalue weighted by atomic mass is 10.1. The summed E-state index contributed by atoms with van der Waals surface area (Å²) in [5.74, 6) is 0.108. The molecule has 0 aliphatic carbocycles. The minimum Gasteiger partial charge on any atom is -0.324 e. The number of aromatic nitrogens is 5. The van der Waals surface area contributed by atoms with Gasteiger partial charge in [0, 0.05) is 53.0 Å². The molecule has 0 atom stereocenters. The molecule has 0 spiro atoms. The fraction of sp³-hybridized carbons (Fsp3) is 0.107. The second-order valence-electron chi connectivity index (χ2n) is 8.42. The Morgan fingerprint density at radius 3 is 2.67 bits per heavy atom. The standard InChI is InChI=1S/C28H25N7O/c1-18-11-23(14-24(12-18)35-16-20(3)31-17-35)32-27(36)21-7-6-19(2)26(13-21)34-28-30-10-8-25(33-28)22-5-4-9-29-15-22/h4-17H,1-3H3,(H,32,36)(H,30,33,34)/i16D,17D. The average Bonchev–Trinajstić information content (AvgIpc) is 3.16. The molecule has 8 nitrogen and oxygen atoms in total. The van der Waals surface area contributed by atoms with Gasteiger partial charge in [0.1, 0.15) is 1.37 Å². The number of carbonyl (C=O) groups is 1. The molecular weight excluding hydrogens is 450 g/mol. The van der Waals surface area contributed by atoms with Gasteiger partial charge in [-0.05, 0) is 80.4 Å². The largest absolute Gasteiger partial charge is 0.324 e. The Kier molecular flexibility index (Phi) is 5.58. The van der Waals surface area contributed by atoms with Crippen LogP contribution in [0.1, 0.15) is 29.9 Å². The molecule has 0 unspecified atom stereocenters. The fourth-order valence-corrected chi connectivity index (χ4v) is 3.74. The SMILES string of the molecule is [2H]c1nc(C)c([2H])n1-c1cc(C)cc(NC(=O)c2ccc(C)c(Nc3nccc(-c4cccnc4)n3)c2)c1. The van der Waals surface area contributed by atoms with Crippen molar-refractivity contribution in [2.75, 3.05) is 10.6 Å². The van der Waals surface area contributed by atoms with Gasteiger partial charge in [0.15, 0.2) is 0 Å². The third kappa shape index (κ3) is 5.12. The molecule has 0 saturated carbocycles. The van der Waals surface area contributed by atoms with Crippen LogP contribution < -0.4 is 10.6 Å². The molecule has 5 aromatic rings. The van der Waals surface area contributed by atoms with E-state index in [1.807, 2.05) is 50.2 Å². The summed E-state index contributed by atoms with van der Waals surface area (Å²) in [4.78, 5) is 30.3. The highest BCUT2D eigenvalue weighted by atomic mass is 16.1. The second kappa shape index (κ2) is 9.79. The lowest BCUT2D eigenvalue weighted by Crippen LogP contribution is -2.13. The van der Waals surface area contributed by atoms with Crippen LogP contribution in [0, 0.1) is 20.8 Å². The lowest BCUT2D eigenvalue weighted by Gasteiger charge is -2.13. The van der Waals surface area contributed by atoms with Crippen molar-refractivity contribution >= 4 is 23.2 Å². The van der Waals surface area contributed by atoms with Gasteiger partial charge < -0.3 is 15.2 Å². The van der Waals surface area contributed by atoms with Crippen molar-refractivity contribution in [2.45, 2.75) is 20.8 Å². The van der Waals surface area contributed by atoms with Crippen molar-refractivity contribution in [2.24, 2.45) is 0 Å². The van der Waals surface area contributed by atoms with Crippen molar-refractivity contribution in [1.29, 1.82) is 0 Å². The number of benzene rings is 2. The van der Waals surface area contributed by atoms with Gasteiger partial charge in [0.05, 0.1) is 19.1 Å². The van der Waals surface area contributed by atoms with E-state index in [-0.39, 0.29) is 18.4 Å². The van der Waals surface area contributed by atoms with E-state index in [0.717, 1.165) is 22.4 Å². The molecule has 0 saturated heterocycles. The van der Waals surface area contributed by atoms with E-state index < -0.39 is 0 Å². The maximum Gasteiger partial charge on any atom is 0.255 e. The van der Waals surface area contributed by atoms with Crippen LogP contribution in [0.4, 0.5) is 17.3 Å². The van der Waals surface area contributed by atoms with Crippen LogP contribution >= 0.6 is 0 Å². The molecule has 2 aromatic carbocycles. The van der Waals surface area contributed by atoms with E-state index in [2.05, 4.69) is 30.6 Å². The highest BCUT2D eigenvalue weighted by molar-refractivity contribution is 6.05. The molecule has 2 N–H and O–H groups in total. The minimum atomic E-state index is -0.298. The molecule has 5 rings (SSSR count). The van der Waals surface area contributed by atoms with Gasteiger partial charge in [-0.1, -0.05) is 6.07 Å². The highest BCUT2D eigenvalue weighted by Gasteiger charge is 2.12. The average molecular weight is 478 g/mol. The van der Waals surface area contributed by atoms with Gasteiger partial charge in [-0.25, -0.2) is 15.0 Å². The topological polar surface area (TPSA) is 97.6 Å².